The zero-order valence-electron chi connectivity index (χ0n) is 14.4. The first-order valence-corrected chi connectivity index (χ1v) is 8.45. The Bertz CT molecular complexity index is 687. The molecule has 1 aliphatic heterocycles. The first-order valence-electron chi connectivity index (χ1n) is 8.45. The smallest absolute Gasteiger partial charge is 0.256 e. The number of amides is 1. The third-order valence-electron chi connectivity index (χ3n) is 4.54. The Hall–Kier alpha value is -2.15. The highest BCUT2D eigenvalue weighted by Crippen LogP contribution is 2.33. The summed E-state index contributed by atoms with van der Waals surface area (Å²) in [6.07, 6.45) is 5.89. The molecule has 3 heterocycles. The number of nitrogens with one attached hydrogen (secondary N) is 1. The van der Waals surface area contributed by atoms with Crippen LogP contribution in [0.25, 0.3) is 0 Å². The first-order chi connectivity index (χ1) is 11.6. The summed E-state index contributed by atoms with van der Waals surface area (Å²) in [7, 11) is 0. The quantitative estimate of drug-likeness (QED) is 0.909. The predicted molar refractivity (Wildman–Crippen MR) is 87.6 cm³/mol. The Morgan fingerprint density at radius 3 is 2.96 bits per heavy atom. The van der Waals surface area contributed by atoms with Gasteiger partial charge in [-0.1, -0.05) is 5.16 Å². The predicted octanol–water partition coefficient (Wildman–Crippen LogP) is 2.41. The maximum absolute atomic E-state index is 12.4. The number of aryl methyl sites for hydroxylation is 3. The van der Waals surface area contributed by atoms with Crippen molar-refractivity contribution in [1.29, 1.82) is 0 Å². The number of hydrogen-bond acceptors (Lipinski definition) is 5. The maximum Gasteiger partial charge on any atom is 0.256 e. The Balaban J connectivity index is 1.67. The Labute approximate surface area is 141 Å². The fourth-order valence-electron chi connectivity index (χ4n) is 3.24. The van der Waals surface area contributed by atoms with Crippen LogP contribution in [-0.4, -0.2) is 34.0 Å². The number of rotatable bonds is 5. The summed E-state index contributed by atoms with van der Waals surface area (Å²) in [5.74, 6) is 0.642. The summed E-state index contributed by atoms with van der Waals surface area (Å²) in [6.45, 7) is 7.72. The highest BCUT2D eigenvalue weighted by molar-refractivity contribution is 5.96. The molecule has 1 saturated heterocycles. The second-order valence-corrected chi connectivity index (χ2v) is 6.23. The topological polar surface area (TPSA) is 82.2 Å². The second-order valence-electron chi connectivity index (χ2n) is 6.23. The van der Waals surface area contributed by atoms with E-state index >= 15 is 0 Å². The number of carbonyl (C=O) groups excluding carboxylic acids is 1. The minimum Gasteiger partial charge on any atom is -0.373 e. The maximum atomic E-state index is 12.4. The second kappa shape index (κ2) is 7.17. The van der Waals surface area contributed by atoms with Gasteiger partial charge in [0, 0.05) is 37.4 Å². The molecule has 0 aliphatic carbocycles. The lowest BCUT2D eigenvalue weighted by Gasteiger charge is -2.31. The third kappa shape index (κ3) is 3.36. The Morgan fingerprint density at radius 2 is 2.29 bits per heavy atom. The van der Waals surface area contributed by atoms with Crippen molar-refractivity contribution in [1.82, 2.24) is 20.3 Å². The summed E-state index contributed by atoms with van der Waals surface area (Å²) in [5.41, 5.74) is 2.22. The van der Waals surface area contributed by atoms with Gasteiger partial charge in [-0.25, -0.2) is 0 Å². The molecule has 3 rings (SSSR count). The van der Waals surface area contributed by atoms with Crippen molar-refractivity contribution in [3.63, 3.8) is 0 Å². The van der Waals surface area contributed by atoms with Crippen LogP contribution in [0.15, 0.2) is 16.9 Å². The van der Waals surface area contributed by atoms with E-state index in [1.54, 1.807) is 13.8 Å². The number of nitrogens with zero attached hydrogens (tertiary/aromatic N) is 3. The first kappa shape index (κ1) is 16.7. The summed E-state index contributed by atoms with van der Waals surface area (Å²) < 4.78 is 12.9. The van der Waals surface area contributed by atoms with E-state index in [1.165, 1.54) is 0 Å². The van der Waals surface area contributed by atoms with Crippen LogP contribution in [-0.2, 0) is 11.3 Å². The Morgan fingerprint density at radius 1 is 1.46 bits per heavy atom. The van der Waals surface area contributed by atoms with E-state index in [-0.39, 0.29) is 17.9 Å². The van der Waals surface area contributed by atoms with E-state index in [2.05, 4.69) is 22.5 Å². The van der Waals surface area contributed by atoms with Gasteiger partial charge in [0.1, 0.15) is 11.3 Å². The molecule has 1 fully saturated rings. The molecular formula is C17H24N4O3. The van der Waals surface area contributed by atoms with Gasteiger partial charge < -0.3 is 14.6 Å². The molecule has 0 spiro atoms. The molecule has 2 aromatic heterocycles. The van der Waals surface area contributed by atoms with Crippen molar-refractivity contribution < 1.29 is 14.1 Å². The zero-order chi connectivity index (χ0) is 17.1. The highest BCUT2D eigenvalue weighted by Gasteiger charge is 2.29. The third-order valence-corrected chi connectivity index (χ3v) is 4.54. The average molecular weight is 332 g/mol. The lowest BCUT2D eigenvalue weighted by molar-refractivity contribution is -0.0273. The van der Waals surface area contributed by atoms with Crippen LogP contribution >= 0.6 is 0 Å². The van der Waals surface area contributed by atoms with Crippen LogP contribution in [0.3, 0.4) is 0 Å². The largest absolute Gasteiger partial charge is 0.373 e. The molecule has 24 heavy (non-hydrogen) atoms. The molecule has 7 heteroatoms. The summed E-state index contributed by atoms with van der Waals surface area (Å²) >= 11 is 0. The average Bonchev–Trinajstić information content (AvgIpc) is 3.19. The lowest BCUT2D eigenvalue weighted by Crippen LogP contribution is -2.35. The lowest BCUT2D eigenvalue weighted by atomic mass is 9.90. The van der Waals surface area contributed by atoms with Gasteiger partial charge >= 0.3 is 0 Å². The number of aromatic nitrogens is 3. The van der Waals surface area contributed by atoms with Gasteiger partial charge in [0.05, 0.1) is 18.0 Å². The fourth-order valence-corrected chi connectivity index (χ4v) is 3.24. The molecule has 2 aromatic rings. The molecule has 7 nitrogen and oxygen atoms in total. The molecule has 0 bridgehead atoms. The number of carbonyl (C=O) groups is 1. The zero-order valence-corrected chi connectivity index (χ0v) is 14.4. The van der Waals surface area contributed by atoms with Crippen molar-refractivity contribution >= 4 is 5.91 Å². The van der Waals surface area contributed by atoms with E-state index in [9.17, 15) is 4.79 Å². The molecule has 130 valence electrons. The van der Waals surface area contributed by atoms with Crippen LogP contribution < -0.4 is 5.32 Å². The van der Waals surface area contributed by atoms with E-state index in [4.69, 9.17) is 9.26 Å². The highest BCUT2D eigenvalue weighted by atomic mass is 16.5. The molecule has 0 aromatic carbocycles. The summed E-state index contributed by atoms with van der Waals surface area (Å²) in [5, 5.41) is 11.2. The van der Waals surface area contributed by atoms with Gasteiger partial charge in [-0.2, -0.15) is 5.10 Å². The van der Waals surface area contributed by atoms with Gasteiger partial charge in [0.2, 0.25) is 0 Å². The number of ether oxygens (including phenoxy) is 1. The van der Waals surface area contributed by atoms with Crippen molar-refractivity contribution in [2.24, 2.45) is 5.92 Å². The standard InChI is InChI=1S/C17H24N4O3/c1-4-21-10-14(9-19-21)16-13(6-5-7-23-16)8-18-17(22)15-11(2)20-24-12(15)3/h9-10,13,16H,4-8H2,1-3H3,(H,18,22)/t13-,16+/m0/s1. The van der Waals surface area contributed by atoms with Crippen LogP contribution in [0.1, 0.15) is 53.2 Å². The molecular weight excluding hydrogens is 308 g/mol. The fraction of sp³-hybridized carbons (Fsp3) is 0.588. The normalized spacial score (nSPS) is 21.0. The molecule has 2 atom stereocenters. The molecule has 1 aliphatic rings. The molecule has 0 saturated carbocycles. The van der Waals surface area contributed by atoms with Gasteiger partial charge in [-0.05, 0) is 33.6 Å². The van der Waals surface area contributed by atoms with Gasteiger partial charge in [0.15, 0.2) is 0 Å². The number of hydrogen-bond donors (Lipinski definition) is 1. The summed E-state index contributed by atoms with van der Waals surface area (Å²) in [4.78, 5) is 12.4. The van der Waals surface area contributed by atoms with Crippen LogP contribution in [0, 0.1) is 19.8 Å². The SMILES string of the molecule is CCn1cc([C@@H]2OCCC[C@H]2CNC(=O)c2c(C)noc2C)cn1. The van der Waals surface area contributed by atoms with E-state index < -0.39 is 0 Å². The Kier molecular flexibility index (Phi) is 4.99. The molecule has 0 unspecified atom stereocenters. The summed E-state index contributed by atoms with van der Waals surface area (Å²) in [6, 6.07) is 0. The van der Waals surface area contributed by atoms with Crippen molar-refractivity contribution in [2.45, 2.75) is 46.3 Å². The van der Waals surface area contributed by atoms with Crippen LogP contribution in [0.5, 0.6) is 0 Å². The van der Waals surface area contributed by atoms with Gasteiger partial charge in [0.25, 0.3) is 5.91 Å². The minimum atomic E-state index is -0.139. The van der Waals surface area contributed by atoms with Crippen LogP contribution in [0.4, 0.5) is 0 Å². The molecule has 1 N–H and O–H groups in total. The molecule has 1 amide bonds. The van der Waals surface area contributed by atoms with Crippen molar-refractivity contribution in [3.05, 3.63) is 35.0 Å². The van der Waals surface area contributed by atoms with Gasteiger partial charge in [-0.3, -0.25) is 9.48 Å². The van der Waals surface area contributed by atoms with Crippen molar-refractivity contribution in [3.8, 4) is 0 Å². The van der Waals surface area contributed by atoms with Crippen LogP contribution in [0.2, 0.25) is 0 Å². The van der Waals surface area contributed by atoms with Crippen molar-refractivity contribution in [2.75, 3.05) is 13.2 Å². The van der Waals surface area contributed by atoms with E-state index in [1.807, 2.05) is 17.1 Å². The van der Waals surface area contributed by atoms with E-state index in [0.29, 0.717) is 23.6 Å². The minimum absolute atomic E-state index is 0.0241. The molecule has 0 radical (unpaired) electrons. The van der Waals surface area contributed by atoms with Gasteiger partial charge in [-0.15, -0.1) is 0 Å². The van der Waals surface area contributed by atoms with E-state index in [0.717, 1.165) is 31.6 Å². The monoisotopic (exact) mass is 332 g/mol.